The van der Waals surface area contributed by atoms with Crippen LogP contribution in [0.15, 0.2) is 67.3 Å². The molecule has 1 amide bonds. The van der Waals surface area contributed by atoms with Gasteiger partial charge in [-0.2, -0.15) is 0 Å². The monoisotopic (exact) mass is 384 g/mol. The Morgan fingerprint density at radius 1 is 1.04 bits per heavy atom. The number of rotatable bonds is 7. The van der Waals surface area contributed by atoms with Gasteiger partial charge in [-0.1, -0.05) is 23.7 Å². The lowest BCUT2D eigenvalue weighted by Gasteiger charge is -2.30. The zero-order chi connectivity index (χ0) is 19.2. The second-order valence-electron chi connectivity index (χ2n) is 6.06. The van der Waals surface area contributed by atoms with Crippen molar-refractivity contribution in [2.75, 3.05) is 0 Å². The second-order valence-corrected chi connectivity index (χ2v) is 6.47. The van der Waals surface area contributed by atoms with E-state index in [0.29, 0.717) is 13.1 Å². The molecule has 0 fully saturated rings. The summed E-state index contributed by atoms with van der Waals surface area (Å²) in [5, 5.41) is 0.157. The largest absolute Gasteiger partial charge is 0.368 e. The fourth-order valence-corrected chi connectivity index (χ4v) is 3.23. The Bertz CT molecular complexity index is 847. The van der Waals surface area contributed by atoms with Crippen LogP contribution in [0.5, 0.6) is 0 Å². The van der Waals surface area contributed by atoms with Gasteiger partial charge in [-0.05, 0) is 41.5 Å². The van der Waals surface area contributed by atoms with Gasteiger partial charge in [0.05, 0.1) is 0 Å². The van der Waals surface area contributed by atoms with Crippen molar-refractivity contribution >= 4 is 17.5 Å². The fourth-order valence-electron chi connectivity index (χ4n) is 2.96. The van der Waals surface area contributed by atoms with Crippen molar-refractivity contribution in [1.29, 1.82) is 0 Å². The molecular formula is C20H18ClFN4O. The summed E-state index contributed by atoms with van der Waals surface area (Å²) in [6.45, 7) is 0.699. The first-order chi connectivity index (χ1) is 13.1. The summed E-state index contributed by atoms with van der Waals surface area (Å²) in [6, 6.07) is 10.6. The van der Waals surface area contributed by atoms with E-state index in [2.05, 4.69) is 9.97 Å². The zero-order valence-electron chi connectivity index (χ0n) is 14.4. The first-order valence-corrected chi connectivity index (χ1v) is 8.69. The number of aromatic nitrogens is 2. The Labute approximate surface area is 161 Å². The second kappa shape index (κ2) is 8.70. The molecule has 0 spiro atoms. The Morgan fingerprint density at radius 2 is 1.78 bits per heavy atom. The molecule has 7 heteroatoms. The maximum Gasteiger partial charge on any atom is 0.239 e. The van der Waals surface area contributed by atoms with E-state index in [1.165, 1.54) is 12.1 Å². The van der Waals surface area contributed by atoms with E-state index in [-0.39, 0.29) is 10.6 Å². The minimum atomic E-state index is -1.04. The number of carbonyl (C=O) groups excluding carboxylic acids is 1. The highest BCUT2D eigenvalue weighted by atomic mass is 35.5. The van der Waals surface area contributed by atoms with Crippen molar-refractivity contribution in [3.63, 3.8) is 0 Å². The third kappa shape index (κ3) is 4.67. The number of amides is 1. The SMILES string of the molecule is NC(=O)C(c1c(F)cccc1Cl)N(Cc1ccncc1)Cc1cccnc1. The van der Waals surface area contributed by atoms with Gasteiger partial charge < -0.3 is 5.73 Å². The number of carbonyl (C=O) groups is 1. The summed E-state index contributed by atoms with van der Waals surface area (Å²) in [5.74, 6) is -1.25. The summed E-state index contributed by atoms with van der Waals surface area (Å²) in [5.41, 5.74) is 7.53. The molecule has 1 aromatic carbocycles. The molecule has 3 rings (SSSR count). The summed E-state index contributed by atoms with van der Waals surface area (Å²) < 4.78 is 14.6. The van der Waals surface area contributed by atoms with Crippen molar-refractivity contribution < 1.29 is 9.18 Å². The maximum atomic E-state index is 14.6. The number of halogens is 2. The smallest absolute Gasteiger partial charge is 0.239 e. The topological polar surface area (TPSA) is 72.1 Å². The average Bonchev–Trinajstić information content (AvgIpc) is 2.66. The Balaban J connectivity index is 2.03. The lowest BCUT2D eigenvalue weighted by molar-refractivity contribution is -0.124. The third-order valence-electron chi connectivity index (χ3n) is 4.15. The molecule has 138 valence electrons. The van der Waals surface area contributed by atoms with Gasteiger partial charge in [-0.25, -0.2) is 4.39 Å². The normalized spacial score (nSPS) is 12.1. The van der Waals surface area contributed by atoms with Crippen LogP contribution in [0, 0.1) is 5.82 Å². The third-order valence-corrected chi connectivity index (χ3v) is 4.48. The molecule has 0 aliphatic rings. The lowest BCUT2D eigenvalue weighted by atomic mass is 10.0. The minimum absolute atomic E-state index is 0.0737. The number of pyridine rings is 2. The van der Waals surface area contributed by atoms with Gasteiger partial charge in [0.15, 0.2) is 0 Å². The molecule has 3 aromatic rings. The number of nitrogens with zero attached hydrogens (tertiary/aromatic N) is 3. The van der Waals surface area contributed by atoms with Crippen LogP contribution in [0.1, 0.15) is 22.7 Å². The van der Waals surface area contributed by atoms with Crippen molar-refractivity contribution in [1.82, 2.24) is 14.9 Å². The lowest BCUT2D eigenvalue weighted by Crippen LogP contribution is -2.38. The van der Waals surface area contributed by atoms with Crippen molar-refractivity contribution in [3.8, 4) is 0 Å². The highest BCUT2D eigenvalue weighted by Crippen LogP contribution is 2.32. The van der Waals surface area contributed by atoms with Crippen LogP contribution < -0.4 is 5.73 Å². The van der Waals surface area contributed by atoms with Crippen molar-refractivity contribution in [3.05, 3.63) is 94.8 Å². The van der Waals surface area contributed by atoms with E-state index >= 15 is 0 Å². The van der Waals surface area contributed by atoms with Crippen LogP contribution >= 0.6 is 11.6 Å². The van der Waals surface area contributed by atoms with Gasteiger partial charge in [0, 0.05) is 48.5 Å². The molecule has 1 unspecified atom stereocenters. The summed E-state index contributed by atoms with van der Waals surface area (Å²) in [7, 11) is 0. The number of hydrogen-bond donors (Lipinski definition) is 1. The highest BCUT2D eigenvalue weighted by molar-refractivity contribution is 6.31. The molecule has 0 aliphatic heterocycles. The maximum absolute atomic E-state index is 14.6. The molecule has 5 nitrogen and oxygen atoms in total. The zero-order valence-corrected chi connectivity index (χ0v) is 15.2. The molecule has 0 saturated heterocycles. The van der Waals surface area contributed by atoms with Crippen LogP contribution in [0.4, 0.5) is 4.39 Å². The van der Waals surface area contributed by atoms with Gasteiger partial charge >= 0.3 is 0 Å². The molecule has 0 bridgehead atoms. The average molecular weight is 385 g/mol. The van der Waals surface area contributed by atoms with E-state index in [1.54, 1.807) is 41.8 Å². The summed E-state index contributed by atoms with van der Waals surface area (Å²) >= 11 is 6.22. The van der Waals surface area contributed by atoms with Gasteiger partial charge in [-0.3, -0.25) is 19.7 Å². The van der Waals surface area contributed by atoms with Crippen LogP contribution in [0.3, 0.4) is 0 Å². The quantitative estimate of drug-likeness (QED) is 0.676. The van der Waals surface area contributed by atoms with E-state index in [9.17, 15) is 9.18 Å². The number of benzene rings is 1. The van der Waals surface area contributed by atoms with Crippen LogP contribution in [-0.2, 0) is 17.9 Å². The van der Waals surface area contributed by atoms with Crippen molar-refractivity contribution in [2.24, 2.45) is 5.73 Å². The predicted octanol–water partition coefficient (Wildman–Crippen LogP) is 3.50. The summed E-state index contributed by atoms with van der Waals surface area (Å²) in [4.78, 5) is 22.2. The number of nitrogens with two attached hydrogens (primary N) is 1. The first-order valence-electron chi connectivity index (χ1n) is 8.31. The summed E-state index contributed by atoms with van der Waals surface area (Å²) in [6.07, 6.45) is 6.68. The van der Waals surface area contributed by atoms with E-state index in [0.717, 1.165) is 11.1 Å². The number of hydrogen-bond acceptors (Lipinski definition) is 4. The predicted molar refractivity (Wildman–Crippen MR) is 101 cm³/mol. The van der Waals surface area contributed by atoms with Gasteiger partial charge in [0.25, 0.3) is 0 Å². The number of primary amides is 1. The first kappa shape index (κ1) is 18.9. The standard InChI is InChI=1S/C20H18ClFN4O/c21-16-4-1-5-17(22)18(16)19(20(23)27)26(12-14-6-9-24-10-7-14)13-15-3-2-8-25-11-15/h1-11,19H,12-13H2,(H2,23,27). The van der Waals surface area contributed by atoms with Crippen molar-refractivity contribution in [2.45, 2.75) is 19.1 Å². The van der Waals surface area contributed by atoms with Crippen LogP contribution in [0.25, 0.3) is 0 Å². The molecular weight excluding hydrogens is 367 g/mol. The Kier molecular flexibility index (Phi) is 6.11. The Morgan fingerprint density at radius 3 is 2.41 bits per heavy atom. The van der Waals surface area contributed by atoms with Crippen LogP contribution in [-0.4, -0.2) is 20.8 Å². The molecule has 2 N–H and O–H groups in total. The molecule has 0 aliphatic carbocycles. The molecule has 2 heterocycles. The van der Waals surface area contributed by atoms with Crippen LogP contribution in [0.2, 0.25) is 5.02 Å². The Hall–Kier alpha value is -2.83. The molecule has 1 atom stereocenters. The van der Waals surface area contributed by atoms with Gasteiger partial charge in [-0.15, -0.1) is 0 Å². The van der Waals surface area contributed by atoms with E-state index in [1.807, 2.05) is 18.2 Å². The van der Waals surface area contributed by atoms with Gasteiger partial charge in [0.2, 0.25) is 5.91 Å². The molecule has 0 radical (unpaired) electrons. The minimum Gasteiger partial charge on any atom is -0.368 e. The molecule has 27 heavy (non-hydrogen) atoms. The molecule has 2 aromatic heterocycles. The van der Waals surface area contributed by atoms with E-state index in [4.69, 9.17) is 17.3 Å². The molecule has 0 saturated carbocycles. The fraction of sp³-hybridized carbons (Fsp3) is 0.150. The van der Waals surface area contributed by atoms with E-state index < -0.39 is 17.8 Å². The van der Waals surface area contributed by atoms with Gasteiger partial charge in [0.1, 0.15) is 11.9 Å². The highest BCUT2D eigenvalue weighted by Gasteiger charge is 2.30.